The number of benzene rings is 2. The quantitative estimate of drug-likeness (QED) is 0.801. The van der Waals surface area contributed by atoms with Crippen LogP contribution in [-0.2, 0) is 17.8 Å². The van der Waals surface area contributed by atoms with Crippen LogP contribution in [0.3, 0.4) is 0 Å². The molecular weight excluding hydrogens is 316 g/mol. The molecule has 0 amide bonds. The Morgan fingerprint density at radius 3 is 2.32 bits per heavy atom. The third-order valence-corrected chi connectivity index (χ3v) is 4.08. The van der Waals surface area contributed by atoms with Gasteiger partial charge in [0.1, 0.15) is 12.4 Å². The van der Waals surface area contributed by atoms with Gasteiger partial charge in [0.15, 0.2) is 0 Å². The van der Waals surface area contributed by atoms with Crippen LogP contribution in [0.5, 0.6) is 5.75 Å². The molecule has 1 unspecified atom stereocenters. The Morgan fingerprint density at radius 1 is 1.16 bits per heavy atom. The molecule has 0 heterocycles. The van der Waals surface area contributed by atoms with Crippen LogP contribution in [0.2, 0.25) is 0 Å². The van der Waals surface area contributed by atoms with E-state index in [4.69, 9.17) is 15.1 Å². The van der Waals surface area contributed by atoms with Crippen molar-refractivity contribution >= 4 is 5.97 Å². The van der Waals surface area contributed by atoms with E-state index in [0.717, 1.165) is 23.3 Å². The van der Waals surface area contributed by atoms with Crippen molar-refractivity contribution in [2.45, 2.75) is 26.0 Å². The van der Waals surface area contributed by atoms with Gasteiger partial charge in [-0.1, -0.05) is 24.3 Å². The van der Waals surface area contributed by atoms with Crippen molar-refractivity contribution in [1.29, 1.82) is 5.26 Å². The summed E-state index contributed by atoms with van der Waals surface area (Å²) in [6, 6.07) is 17.4. The number of carbonyl (C=O) groups is 1. The monoisotopic (exact) mass is 338 g/mol. The first-order valence-electron chi connectivity index (χ1n) is 8.10. The lowest BCUT2D eigenvalue weighted by atomic mass is 10.1. The Labute approximate surface area is 148 Å². The first-order chi connectivity index (χ1) is 12.0. The molecule has 1 atom stereocenters. The first-order valence-corrected chi connectivity index (χ1v) is 8.10. The molecule has 0 aliphatic rings. The van der Waals surface area contributed by atoms with Gasteiger partial charge in [-0.2, -0.15) is 5.26 Å². The van der Waals surface area contributed by atoms with Gasteiger partial charge in [-0.15, -0.1) is 0 Å². The lowest BCUT2D eigenvalue weighted by Gasteiger charge is -2.22. The van der Waals surface area contributed by atoms with E-state index in [1.54, 1.807) is 12.1 Å². The van der Waals surface area contributed by atoms with Crippen molar-refractivity contribution in [2.24, 2.45) is 0 Å². The maximum atomic E-state index is 10.8. The molecule has 2 aromatic carbocycles. The van der Waals surface area contributed by atoms with Crippen LogP contribution in [0.25, 0.3) is 0 Å². The molecule has 2 aromatic rings. The molecule has 1 N–H and O–H groups in total. The summed E-state index contributed by atoms with van der Waals surface area (Å²) in [5.74, 6) is -0.0412. The van der Waals surface area contributed by atoms with Crippen molar-refractivity contribution in [2.75, 3.05) is 13.6 Å². The maximum Gasteiger partial charge on any atom is 0.317 e. The summed E-state index contributed by atoms with van der Waals surface area (Å²) in [4.78, 5) is 12.6. The highest BCUT2D eigenvalue weighted by molar-refractivity contribution is 5.69. The van der Waals surface area contributed by atoms with E-state index in [-0.39, 0.29) is 12.6 Å². The standard InChI is InChI=1S/C20H22N2O3/c1-15(22(2)13-20(23)24)11-16-7-9-19(10-8-16)25-14-18-5-3-17(12-21)4-6-18/h3-10,15H,11,13-14H2,1-2H3,(H,23,24). The number of ether oxygens (including phenoxy) is 1. The number of carboxylic acid groups (broad SMARTS) is 1. The average molecular weight is 338 g/mol. The molecule has 0 saturated heterocycles. The van der Waals surface area contributed by atoms with E-state index in [2.05, 4.69) is 6.07 Å². The molecular formula is C20H22N2O3. The lowest BCUT2D eigenvalue weighted by molar-refractivity contribution is -0.138. The summed E-state index contributed by atoms with van der Waals surface area (Å²) >= 11 is 0. The number of carboxylic acids is 1. The predicted molar refractivity (Wildman–Crippen MR) is 95.4 cm³/mol. The predicted octanol–water partition coefficient (Wildman–Crippen LogP) is 3.08. The van der Waals surface area contributed by atoms with Crippen molar-refractivity contribution < 1.29 is 14.6 Å². The van der Waals surface area contributed by atoms with E-state index < -0.39 is 5.97 Å². The minimum Gasteiger partial charge on any atom is -0.489 e. The second kappa shape index (κ2) is 8.86. The summed E-state index contributed by atoms with van der Waals surface area (Å²) in [7, 11) is 1.81. The number of aliphatic carboxylic acids is 1. The SMILES string of the molecule is CC(Cc1ccc(OCc2ccc(C#N)cc2)cc1)N(C)CC(=O)O. The number of likely N-dealkylation sites (N-methyl/N-ethyl adjacent to an activating group) is 1. The number of hydrogen-bond donors (Lipinski definition) is 1. The summed E-state index contributed by atoms with van der Waals surface area (Å²) < 4.78 is 5.75. The van der Waals surface area contributed by atoms with Crippen molar-refractivity contribution in [3.8, 4) is 11.8 Å². The Hall–Kier alpha value is -2.84. The third kappa shape index (κ3) is 5.94. The molecule has 0 fully saturated rings. The summed E-state index contributed by atoms with van der Waals surface area (Å²) in [5.41, 5.74) is 2.78. The average Bonchev–Trinajstić information content (AvgIpc) is 2.61. The van der Waals surface area contributed by atoms with Gasteiger partial charge >= 0.3 is 5.97 Å². The highest BCUT2D eigenvalue weighted by atomic mass is 16.5. The number of hydrogen-bond acceptors (Lipinski definition) is 4. The van der Waals surface area contributed by atoms with Crippen molar-refractivity contribution in [3.05, 3.63) is 65.2 Å². The molecule has 0 aromatic heterocycles. The van der Waals surface area contributed by atoms with Gasteiger partial charge in [0.2, 0.25) is 0 Å². The van der Waals surface area contributed by atoms with Gasteiger partial charge in [0.05, 0.1) is 18.2 Å². The Bertz CT molecular complexity index is 733. The van der Waals surface area contributed by atoms with E-state index in [0.29, 0.717) is 12.2 Å². The summed E-state index contributed by atoms with van der Waals surface area (Å²) in [6.45, 7) is 2.49. The number of nitriles is 1. The molecule has 130 valence electrons. The highest BCUT2D eigenvalue weighted by Gasteiger charge is 2.12. The Balaban J connectivity index is 1.86. The molecule has 2 rings (SSSR count). The topological polar surface area (TPSA) is 73.6 Å². The van der Waals surface area contributed by atoms with Crippen LogP contribution < -0.4 is 4.74 Å². The molecule has 0 spiro atoms. The van der Waals surface area contributed by atoms with Gasteiger partial charge in [0, 0.05) is 6.04 Å². The fourth-order valence-corrected chi connectivity index (χ4v) is 2.43. The first kappa shape index (κ1) is 18.5. The summed E-state index contributed by atoms with van der Waals surface area (Å²) in [6.07, 6.45) is 0.777. The molecule has 0 aliphatic carbocycles. The van der Waals surface area contributed by atoms with Crippen molar-refractivity contribution in [3.63, 3.8) is 0 Å². The van der Waals surface area contributed by atoms with Crippen LogP contribution in [-0.4, -0.2) is 35.6 Å². The highest BCUT2D eigenvalue weighted by Crippen LogP contribution is 2.16. The van der Waals surface area contributed by atoms with E-state index in [1.807, 2.05) is 55.3 Å². The fraction of sp³-hybridized carbons (Fsp3) is 0.300. The van der Waals surface area contributed by atoms with Gasteiger partial charge in [-0.05, 0) is 55.8 Å². The Morgan fingerprint density at radius 2 is 1.76 bits per heavy atom. The normalized spacial score (nSPS) is 11.8. The molecule has 0 saturated carbocycles. The molecule has 5 nitrogen and oxygen atoms in total. The minimum atomic E-state index is -0.819. The maximum absolute atomic E-state index is 10.8. The molecule has 0 bridgehead atoms. The third-order valence-electron chi connectivity index (χ3n) is 4.08. The molecule has 5 heteroatoms. The minimum absolute atomic E-state index is 0.0347. The van der Waals surface area contributed by atoms with Gasteiger partial charge < -0.3 is 9.84 Å². The number of rotatable bonds is 8. The van der Waals surface area contributed by atoms with Crippen molar-refractivity contribution in [1.82, 2.24) is 4.90 Å². The van der Waals surface area contributed by atoms with E-state index in [9.17, 15) is 4.79 Å². The van der Waals surface area contributed by atoms with Crippen LogP contribution >= 0.6 is 0 Å². The van der Waals surface area contributed by atoms with E-state index in [1.165, 1.54) is 0 Å². The van der Waals surface area contributed by atoms with Gasteiger partial charge in [0.25, 0.3) is 0 Å². The van der Waals surface area contributed by atoms with E-state index >= 15 is 0 Å². The summed E-state index contributed by atoms with van der Waals surface area (Å²) in [5, 5.41) is 17.6. The van der Waals surface area contributed by atoms with Gasteiger partial charge in [-0.3, -0.25) is 9.69 Å². The zero-order valence-corrected chi connectivity index (χ0v) is 14.5. The number of nitrogens with zero attached hydrogens (tertiary/aromatic N) is 2. The zero-order chi connectivity index (χ0) is 18.2. The Kier molecular flexibility index (Phi) is 6.55. The molecule has 0 radical (unpaired) electrons. The van der Waals surface area contributed by atoms with Gasteiger partial charge in [-0.25, -0.2) is 0 Å². The largest absolute Gasteiger partial charge is 0.489 e. The molecule has 25 heavy (non-hydrogen) atoms. The molecule has 0 aliphatic heterocycles. The smallest absolute Gasteiger partial charge is 0.317 e. The van der Waals surface area contributed by atoms with Crippen LogP contribution in [0, 0.1) is 11.3 Å². The second-order valence-electron chi connectivity index (χ2n) is 6.10. The zero-order valence-electron chi connectivity index (χ0n) is 14.5. The lowest BCUT2D eigenvalue weighted by Crippen LogP contribution is -2.35. The van der Waals surface area contributed by atoms with Crippen LogP contribution in [0.15, 0.2) is 48.5 Å². The fourth-order valence-electron chi connectivity index (χ4n) is 2.43. The second-order valence-corrected chi connectivity index (χ2v) is 6.10. The van der Waals surface area contributed by atoms with Crippen LogP contribution in [0.4, 0.5) is 0 Å². The van der Waals surface area contributed by atoms with Crippen LogP contribution in [0.1, 0.15) is 23.6 Å².